The van der Waals surface area contributed by atoms with Gasteiger partial charge in [0.25, 0.3) is 0 Å². The van der Waals surface area contributed by atoms with E-state index < -0.39 is 45.4 Å². The van der Waals surface area contributed by atoms with Crippen LogP contribution in [0.25, 0.3) is 0 Å². The van der Waals surface area contributed by atoms with Crippen LogP contribution >= 0.6 is 12.6 Å². The molecular formula is C23H37N3O5S2. The standard InChI is InChI=1S/C23H37N3O5S2/c1-4-5-9-12-33(29,30)26(21(27)17(2)13-19-10-7-6-8-11-19)23(25-14-20(24)16-32)18(3)15-31-22(23)28/h6-8,10-11,17-18,20,25,32H,4-5,9,12-16,24H2,1-3H3/t17?,18-,20?,23-/m1/s1. The highest BCUT2D eigenvalue weighted by Gasteiger charge is 2.60. The summed E-state index contributed by atoms with van der Waals surface area (Å²) in [6, 6.07) is 8.94. The van der Waals surface area contributed by atoms with Gasteiger partial charge in [-0.1, -0.05) is 63.9 Å². The second-order valence-corrected chi connectivity index (χ2v) is 11.1. The number of thiol groups is 1. The van der Waals surface area contributed by atoms with E-state index in [1.165, 1.54) is 0 Å². The Labute approximate surface area is 203 Å². The zero-order chi connectivity index (χ0) is 24.6. The predicted molar refractivity (Wildman–Crippen MR) is 132 cm³/mol. The zero-order valence-electron chi connectivity index (χ0n) is 19.7. The number of esters is 1. The van der Waals surface area contributed by atoms with Crippen molar-refractivity contribution in [2.45, 2.75) is 58.2 Å². The molecule has 10 heteroatoms. The van der Waals surface area contributed by atoms with Gasteiger partial charge in [0.15, 0.2) is 0 Å². The van der Waals surface area contributed by atoms with Crippen LogP contribution in [0.15, 0.2) is 30.3 Å². The minimum absolute atomic E-state index is 0.00325. The molecular weight excluding hydrogens is 462 g/mol. The highest BCUT2D eigenvalue weighted by atomic mass is 32.2. The highest BCUT2D eigenvalue weighted by Crippen LogP contribution is 2.35. The van der Waals surface area contributed by atoms with Gasteiger partial charge in [-0.25, -0.2) is 17.5 Å². The Morgan fingerprint density at radius 3 is 2.55 bits per heavy atom. The molecule has 1 heterocycles. The number of unbranched alkanes of at least 4 members (excludes halogenated alkanes) is 2. The third kappa shape index (κ3) is 6.49. The quantitative estimate of drug-likeness (QED) is 0.164. The first-order chi connectivity index (χ1) is 15.6. The summed E-state index contributed by atoms with van der Waals surface area (Å²) in [5.74, 6) is -2.58. The van der Waals surface area contributed by atoms with Crippen LogP contribution in [-0.4, -0.2) is 61.0 Å². The van der Waals surface area contributed by atoms with Crippen molar-refractivity contribution in [3.8, 4) is 0 Å². The zero-order valence-corrected chi connectivity index (χ0v) is 21.4. The number of sulfonamides is 1. The molecule has 1 aliphatic rings. The fraction of sp³-hybridized carbons (Fsp3) is 0.652. The molecule has 0 aliphatic carbocycles. The van der Waals surface area contributed by atoms with Gasteiger partial charge in [0, 0.05) is 30.2 Å². The summed E-state index contributed by atoms with van der Waals surface area (Å²) in [4.78, 5) is 26.9. The number of carbonyl (C=O) groups is 2. The molecule has 3 N–H and O–H groups in total. The number of nitrogens with two attached hydrogens (primary N) is 1. The molecule has 1 amide bonds. The van der Waals surface area contributed by atoms with Crippen molar-refractivity contribution in [1.29, 1.82) is 0 Å². The first kappa shape index (κ1) is 27.6. The Morgan fingerprint density at radius 1 is 1.33 bits per heavy atom. The lowest BCUT2D eigenvalue weighted by molar-refractivity contribution is -0.154. The van der Waals surface area contributed by atoms with Crippen LogP contribution in [0.4, 0.5) is 0 Å². The molecule has 0 spiro atoms. The van der Waals surface area contributed by atoms with Crippen molar-refractivity contribution in [1.82, 2.24) is 9.62 Å². The van der Waals surface area contributed by atoms with E-state index >= 15 is 0 Å². The summed E-state index contributed by atoms with van der Waals surface area (Å²) in [5.41, 5.74) is 5.07. The smallest absolute Gasteiger partial charge is 0.348 e. The molecule has 2 rings (SSSR count). The second-order valence-electron chi connectivity index (χ2n) is 8.81. The van der Waals surface area contributed by atoms with Gasteiger partial charge < -0.3 is 10.5 Å². The molecule has 1 aliphatic heterocycles. The van der Waals surface area contributed by atoms with E-state index in [9.17, 15) is 18.0 Å². The molecule has 1 aromatic rings. The molecule has 0 bridgehead atoms. The number of rotatable bonds is 13. The third-order valence-corrected chi connectivity index (χ3v) is 8.27. The lowest BCUT2D eigenvalue weighted by atomic mass is 9.94. The van der Waals surface area contributed by atoms with Gasteiger partial charge in [-0.05, 0) is 18.4 Å². The van der Waals surface area contributed by atoms with E-state index in [4.69, 9.17) is 10.5 Å². The maximum Gasteiger partial charge on any atom is 0.348 e. The topological polar surface area (TPSA) is 119 Å². The molecule has 4 atom stereocenters. The van der Waals surface area contributed by atoms with Crippen molar-refractivity contribution in [2.75, 3.05) is 24.7 Å². The van der Waals surface area contributed by atoms with Gasteiger partial charge in [-0.3, -0.25) is 10.1 Å². The number of nitrogens with one attached hydrogen (secondary N) is 1. The Hall–Kier alpha value is -1.62. The minimum Gasteiger partial charge on any atom is -0.462 e. The van der Waals surface area contributed by atoms with E-state index in [0.717, 1.165) is 16.3 Å². The molecule has 33 heavy (non-hydrogen) atoms. The number of amides is 1. The van der Waals surface area contributed by atoms with Gasteiger partial charge in [-0.2, -0.15) is 12.6 Å². The summed E-state index contributed by atoms with van der Waals surface area (Å²) in [6.45, 7) is 5.46. The van der Waals surface area contributed by atoms with Crippen LogP contribution in [-0.2, 0) is 30.8 Å². The molecule has 1 saturated heterocycles. The maximum absolute atomic E-state index is 13.8. The van der Waals surface area contributed by atoms with E-state index in [2.05, 4.69) is 17.9 Å². The average molecular weight is 500 g/mol. The first-order valence-electron chi connectivity index (χ1n) is 11.5. The fourth-order valence-electron chi connectivity index (χ4n) is 4.00. The number of hydrogen-bond donors (Lipinski definition) is 3. The number of hydrogen-bond acceptors (Lipinski definition) is 8. The number of cyclic esters (lactones) is 1. The van der Waals surface area contributed by atoms with Crippen LogP contribution in [0.2, 0.25) is 0 Å². The van der Waals surface area contributed by atoms with Crippen LogP contribution in [0.1, 0.15) is 45.6 Å². The Bertz CT molecular complexity index is 897. The van der Waals surface area contributed by atoms with E-state index in [-0.39, 0.29) is 18.9 Å². The van der Waals surface area contributed by atoms with Crippen LogP contribution in [0.3, 0.4) is 0 Å². The van der Waals surface area contributed by atoms with Gasteiger partial charge >= 0.3 is 5.97 Å². The van der Waals surface area contributed by atoms with Crippen molar-refractivity contribution < 1.29 is 22.7 Å². The second kappa shape index (κ2) is 12.2. The molecule has 0 saturated carbocycles. The van der Waals surface area contributed by atoms with E-state index in [0.29, 0.717) is 25.0 Å². The monoisotopic (exact) mass is 499 g/mol. The summed E-state index contributed by atoms with van der Waals surface area (Å²) >= 11 is 4.18. The fourth-order valence-corrected chi connectivity index (χ4v) is 6.09. The van der Waals surface area contributed by atoms with Crippen LogP contribution < -0.4 is 11.1 Å². The summed E-state index contributed by atoms with van der Waals surface area (Å²) in [5, 5.41) is 3.02. The van der Waals surface area contributed by atoms with Crippen molar-refractivity contribution in [2.24, 2.45) is 17.6 Å². The lowest BCUT2D eigenvalue weighted by Crippen LogP contribution is -2.70. The third-order valence-electron chi connectivity index (χ3n) is 5.97. The molecule has 8 nitrogen and oxygen atoms in total. The summed E-state index contributed by atoms with van der Waals surface area (Å²) < 4.78 is 33.3. The van der Waals surface area contributed by atoms with Gasteiger partial charge in [0.05, 0.1) is 12.4 Å². The van der Waals surface area contributed by atoms with E-state index in [1.807, 2.05) is 37.3 Å². The molecule has 186 valence electrons. The molecule has 2 unspecified atom stereocenters. The normalized spacial score (nSPS) is 22.6. The molecule has 0 aromatic heterocycles. The molecule has 1 aromatic carbocycles. The number of benzene rings is 1. The number of carbonyl (C=O) groups excluding carboxylic acids is 2. The van der Waals surface area contributed by atoms with Crippen molar-refractivity contribution >= 4 is 34.5 Å². The van der Waals surface area contributed by atoms with Gasteiger partial charge in [-0.15, -0.1) is 0 Å². The summed E-state index contributed by atoms with van der Waals surface area (Å²) in [7, 11) is -4.13. The number of ether oxygens (including phenoxy) is 1. The Morgan fingerprint density at radius 2 is 2.00 bits per heavy atom. The first-order valence-corrected chi connectivity index (χ1v) is 13.7. The van der Waals surface area contributed by atoms with Gasteiger partial charge in [0.2, 0.25) is 21.6 Å². The minimum atomic E-state index is -4.13. The Kier molecular flexibility index (Phi) is 10.2. The Balaban J connectivity index is 2.50. The maximum atomic E-state index is 13.8. The SMILES string of the molecule is CCCCCS(=O)(=O)N(C(=O)C(C)Cc1ccccc1)[C@@]1(NCC(N)CS)C(=O)OC[C@H]1C. The lowest BCUT2D eigenvalue weighted by Gasteiger charge is -2.41. The highest BCUT2D eigenvalue weighted by molar-refractivity contribution is 7.89. The average Bonchev–Trinajstić information content (AvgIpc) is 3.06. The molecule has 0 radical (unpaired) electrons. The van der Waals surface area contributed by atoms with E-state index in [1.54, 1.807) is 13.8 Å². The van der Waals surface area contributed by atoms with Gasteiger partial charge in [0.1, 0.15) is 0 Å². The van der Waals surface area contributed by atoms with Crippen molar-refractivity contribution in [3.63, 3.8) is 0 Å². The largest absolute Gasteiger partial charge is 0.462 e. The molecule has 1 fully saturated rings. The van der Waals surface area contributed by atoms with Crippen LogP contribution in [0, 0.1) is 11.8 Å². The predicted octanol–water partition coefficient (Wildman–Crippen LogP) is 1.95. The summed E-state index contributed by atoms with van der Waals surface area (Å²) in [6.07, 6.45) is 2.26. The van der Waals surface area contributed by atoms with Crippen LogP contribution in [0.5, 0.6) is 0 Å². The number of nitrogens with zero attached hydrogens (tertiary/aromatic N) is 1. The van der Waals surface area contributed by atoms with Crippen molar-refractivity contribution in [3.05, 3.63) is 35.9 Å².